The minimum absolute atomic E-state index is 0.120. The SMILES string of the molecule is CC1(C(=O)NCc2cc(-c3ccc(C(F)(F)F)nc3)ncn2)C=CC=CC=N1. The third kappa shape index (κ3) is 4.48. The first-order valence-electron chi connectivity index (χ1n) is 8.30. The van der Waals surface area contributed by atoms with Crippen molar-refractivity contribution >= 4 is 12.1 Å². The second kappa shape index (κ2) is 7.71. The maximum Gasteiger partial charge on any atom is 0.433 e. The largest absolute Gasteiger partial charge is 0.433 e. The molecule has 1 atom stereocenters. The Bertz CT molecular complexity index is 933. The number of amides is 1. The zero-order valence-corrected chi connectivity index (χ0v) is 14.8. The van der Waals surface area contributed by atoms with Crippen molar-refractivity contribution in [2.45, 2.75) is 25.2 Å². The highest BCUT2D eigenvalue weighted by Gasteiger charge is 2.32. The van der Waals surface area contributed by atoms with E-state index in [1.54, 1.807) is 43.5 Å². The summed E-state index contributed by atoms with van der Waals surface area (Å²) in [5.41, 5.74) is -0.684. The normalized spacial score (nSPS) is 18.7. The van der Waals surface area contributed by atoms with Gasteiger partial charge in [-0.25, -0.2) is 9.97 Å². The van der Waals surface area contributed by atoms with Crippen molar-refractivity contribution in [3.05, 3.63) is 66.4 Å². The third-order valence-corrected chi connectivity index (χ3v) is 4.03. The van der Waals surface area contributed by atoms with E-state index in [0.717, 1.165) is 12.3 Å². The summed E-state index contributed by atoms with van der Waals surface area (Å²) in [6.45, 7) is 1.80. The van der Waals surface area contributed by atoms with Gasteiger partial charge in [-0.1, -0.05) is 12.2 Å². The zero-order valence-electron chi connectivity index (χ0n) is 14.8. The Morgan fingerprint density at radius 3 is 2.68 bits per heavy atom. The van der Waals surface area contributed by atoms with Gasteiger partial charge < -0.3 is 5.32 Å². The molecule has 0 aliphatic carbocycles. The van der Waals surface area contributed by atoms with E-state index in [1.807, 2.05) is 0 Å². The van der Waals surface area contributed by atoms with Crippen molar-refractivity contribution < 1.29 is 18.0 Å². The number of alkyl halides is 3. The molecule has 28 heavy (non-hydrogen) atoms. The number of aromatic nitrogens is 3. The van der Waals surface area contributed by atoms with Crippen LogP contribution in [0.3, 0.4) is 0 Å². The minimum Gasteiger partial charge on any atom is -0.348 e. The molecule has 0 radical (unpaired) electrons. The van der Waals surface area contributed by atoms with Gasteiger partial charge in [-0.3, -0.25) is 14.8 Å². The standard InChI is InChI=1S/C19H16F3N5O/c1-18(7-3-2-4-8-27-18)17(28)24-11-14-9-15(26-12-25-14)13-5-6-16(23-10-13)19(20,21)22/h2-10,12H,11H2,1H3,(H,24,28). The van der Waals surface area contributed by atoms with E-state index in [0.29, 0.717) is 17.0 Å². The van der Waals surface area contributed by atoms with Crippen molar-refractivity contribution in [1.29, 1.82) is 0 Å². The van der Waals surface area contributed by atoms with Crippen molar-refractivity contribution in [3.8, 4) is 11.3 Å². The number of pyridine rings is 1. The Balaban J connectivity index is 1.71. The molecule has 0 saturated carbocycles. The number of carbonyl (C=O) groups excluding carboxylic acids is 1. The number of aliphatic imine (C=N–C) groups is 1. The molecule has 2 aromatic heterocycles. The number of halogens is 3. The van der Waals surface area contributed by atoms with E-state index in [1.165, 1.54) is 12.4 Å². The van der Waals surface area contributed by atoms with Crippen molar-refractivity contribution in [3.63, 3.8) is 0 Å². The van der Waals surface area contributed by atoms with Crippen LogP contribution in [0.4, 0.5) is 13.2 Å². The summed E-state index contributed by atoms with van der Waals surface area (Å²) in [7, 11) is 0. The van der Waals surface area contributed by atoms with Crippen LogP contribution in [0, 0.1) is 0 Å². The molecule has 9 heteroatoms. The molecule has 1 unspecified atom stereocenters. The van der Waals surface area contributed by atoms with Gasteiger partial charge >= 0.3 is 6.18 Å². The van der Waals surface area contributed by atoms with E-state index in [-0.39, 0.29) is 12.5 Å². The molecule has 0 aromatic carbocycles. The average Bonchev–Trinajstić information content (AvgIpc) is 2.91. The van der Waals surface area contributed by atoms with Gasteiger partial charge in [0, 0.05) is 18.0 Å². The Labute approximate surface area is 159 Å². The van der Waals surface area contributed by atoms with Gasteiger partial charge in [-0.15, -0.1) is 0 Å². The first kappa shape index (κ1) is 19.4. The molecule has 144 valence electrons. The fourth-order valence-electron chi connectivity index (χ4n) is 2.45. The number of allylic oxidation sites excluding steroid dienone is 3. The maximum absolute atomic E-state index is 12.6. The molecule has 0 bridgehead atoms. The molecule has 3 rings (SSSR count). The first-order valence-corrected chi connectivity index (χ1v) is 8.30. The lowest BCUT2D eigenvalue weighted by molar-refractivity contribution is -0.141. The van der Waals surface area contributed by atoms with Crippen LogP contribution in [0.5, 0.6) is 0 Å². The summed E-state index contributed by atoms with van der Waals surface area (Å²) in [4.78, 5) is 28.3. The summed E-state index contributed by atoms with van der Waals surface area (Å²) in [6.07, 6.45) is 6.37. The van der Waals surface area contributed by atoms with Crippen LogP contribution in [-0.2, 0) is 17.5 Å². The lowest BCUT2D eigenvalue weighted by atomic mass is 10.0. The molecule has 6 nitrogen and oxygen atoms in total. The average molecular weight is 387 g/mol. The first-order chi connectivity index (χ1) is 13.3. The molecule has 1 amide bonds. The lowest BCUT2D eigenvalue weighted by Gasteiger charge is -2.19. The van der Waals surface area contributed by atoms with Gasteiger partial charge in [0.15, 0.2) is 5.54 Å². The fraction of sp³-hybridized carbons (Fsp3) is 0.211. The summed E-state index contributed by atoms with van der Waals surface area (Å²) >= 11 is 0. The highest BCUT2D eigenvalue weighted by molar-refractivity contribution is 5.91. The molecule has 1 N–H and O–H groups in total. The van der Waals surface area contributed by atoms with Crippen LogP contribution < -0.4 is 5.32 Å². The highest BCUT2D eigenvalue weighted by atomic mass is 19.4. The van der Waals surface area contributed by atoms with E-state index in [9.17, 15) is 18.0 Å². The molecule has 3 heterocycles. The van der Waals surface area contributed by atoms with Crippen LogP contribution >= 0.6 is 0 Å². The summed E-state index contributed by atoms with van der Waals surface area (Å²) in [6, 6.07) is 3.77. The Morgan fingerprint density at radius 2 is 1.96 bits per heavy atom. The van der Waals surface area contributed by atoms with Crippen LogP contribution in [0.25, 0.3) is 11.3 Å². The number of hydrogen-bond donors (Lipinski definition) is 1. The van der Waals surface area contributed by atoms with Crippen molar-refractivity contribution in [2.24, 2.45) is 4.99 Å². The topological polar surface area (TPSA) is 80.1 Å². The fourth-order valence-corrected chi connectivity index (χ4v) is 2.45. The molecular weight excluding hydrogens is 371 g/mol. The Morgan fingerprint density at radius 1 is 1.14 bits per heavy atom. The van der Waals surface area contributed by atoms with E-state index in [2.05, 4.69) is 25.3 Å². The van der Waals surface area contributed by atoms with Gasteiger partial charge in [-0.2, -0.15) is 13.2 Å². The van der Waals surface area contributed by atoms with Gasteiger partial charge in [0.1, 0.15) is 12.0 Å². The Kier molecular flexibility index (Phi) is 5.34. The predicted octanol–water partition coefficient (Wildman–Crippen LogP) is 3.13. The number of nitrogens with one attached hydrogen (secondary N) is 1. The summed E-state index contributed by atoms with van der Waals surface area (Å²) < 4.78 is 37.9. The second-order valence-corrected chi connectivity index (χ2v) is 6.18. The van der Waals surface area contributed by atoms with Gasteiger partial charge in [0.25, 0.3) is 5.91 Å². The molecule has 1 aliphatic rings. The van der Waals surface area contributed by atoms with E-state index >= 15 is 0 Å². The van der Waals surface area contributed by atoms with Crippen LogP contribution in [0.2, 0.25) is 0 Å². The van der Waals surface area contributed by atoms with Crippen LogP contribution in [0.15, 0.2) is 60.0 Å². The van der Waals surface area contributed by atoms with Crippen molar-refractivity contribution in [1.82, 2.24) is 20.3 Å². The molecule has 0 fully saturated rings. The number of hydrogen-bond acceptors (Lipinski definition) is 5. The summed E-state index contributed by atoms with van der Waals surface area (Å²) in [5.74, 6) is -0.306. The molecule has 2 aromatic rings. The third-order valence-electron chi connectivity index (χ3n) is 4.03. The van der Waals surface area contributed by atoms with Gasteiger partial charge in [0.2, 0.25) is 0 Å². The second-order valence-electron chi connectivity index (χ2n) is 6.18. The van der Waals surface area contributed by atoms with Crippen LogP contribution in [-0.4, -0.2) is 32.6 Å². The molecule has 0 saturated heterocycles. The lowest BCUT2D eigenvalue weighted by Crippen LogP contribution is -2.41. The molecular formula is C19H16F3N5O. The Hall–Kier alpha value is -3.36. The smallest absolute Gasteiger partial charge is 0.348 e. The van der Waals surface area contributed by atoms with E-state index < -0.39 is 17.4 Å². The molecule has 1 aliphatic heterocycles. The zero-order chi connectivity index (χ0) is 20.2. The number of carbonyl (C=O) groups is 1. The predicted molar refractivity (Wildman–Crippen MR) is 97.3 cm³/mol. The van der Waals surface area contributed by atoms with E-state index in [4.69, 9.17) is 0 Å². The van der Waals surface area contributed by atoms with Crippen molar-refractivity contribution in [2.75, 3.05) is 0 Å². The molecule has 0 spiro atoms. The highest BCUT2D eigenvalue weighted by Crippen LogP contribution is 2.28. The van der Waals surface area contributed by atoms with Gasteiger partial charge in [-0.05, 0) is 37.3 Å². The number of nitrogens with zero attached hydrogens (tertiary/aromatic N) is 4. The summed E-state index contributed by atoms with van der Waals surface area (Å²) in [5, 5.41) is 2.76. The van der Waals surface area contributed by atoms with Gasteiger partial charge in [0.05, 0.1) is 17.9 Å². The number of rotatable bonds is 4. The van der Waals surface area contributed by atoms with Crippen LogP contribution in [0.1, 0.15) is 18.3 Å². The minimum atomic E-state index is -4.50. The quantitative estimate of drug-likeness (QED) is 0.874. The maximum atomic E-state index is 12.6. The monoisotopic (exact) mass is 387 g/mol.